The lowest BCUT2D eigenvalue weighted by atomic mass is 9.38. The van der Waals surface area contributed by atoms with Crippen LogP contribution in [0, 0.1) is 5.41 Å². The summed E-state index contributed by atoms with van der Waals surface area (Å²) in [5.41, 5.74) is 6.87. The number of anilines is 1. The molecule has 1 aromatic heterocycles. The Balaban J connectivity index is 1.37. The summed E-state index contributed by atoms with van der Waals surface area (Å²) in [6, 6.07) is 8.54. The maximum Gasteiger partial charge on any atom is 0.405 e. The van der Waals surface area contributed by atoms with Crippen LogP contribution in [0.15, 0.2) is 30.3 Å². The van der Waals surface area contributed by atoms with Crippen molar-refractivity contribution in [1.29, 1.82) is 0 Å². The Morgan fingerprint density at radius 3 is 2.69 bits per heavy atom. The van der Waals surface area contributed by atoms with E-state index in [0.29, 0.717) is 23.6 Å². The van der Waals surface area contributed by atoms with E-state index in [-0.39, 0.29) is 22.5 Å². The molecule has 8 nitrogen and oxygen atoms in total. The fraction of sp³-hybridized carbons (Fsp3) is 0.389. The van der Waals surface area contributed by atoms with Gasteiger partial charge in [0.1, 0.15) is 11.4 Å². The van der Waals surface area contributed by atoms with Gasteiger partial charge in [0.15, 0.2) is 11.6 Å². The lowest BCUT2D eigenvalue weighted by Gasteiger charge is -2.70. The van der Waals surface area contributed by atoms with Crippen molar-refractivity contribution in [2.75, 3.05) is 12.3 Å². The Kier molecular flexibility index (Phi) is 3.64. The average Bonchev–Trinajstić information content (AvgIpc) is 2.53. The van der Waals surface area contributed by atoms with Gasteiger partial charge >= 0.3 is 6.09 Å². The van der Waals surface area contributed by atoms with Crippen LogP contribution in [-0.4, -0.2) is 38.6 Å². The lowest BCUT2D eigenvalue weighted by Crippen LogP contribution is -2.74. The summed E-state index contributed by atoms with van der Waals surface area (Å²) in [5, 5.41) is 29.3. The number of phenols is 1. The number of ether oxygens (including phenoxy) is 1. The molecule has 0 atom stereocenters. The zero-order chi connectivity index (χ0) is 18.4. The molecule has 8 heteroatoms. The van der Waals surface area contributed by atoms with Crippen molar-refractivity contribution in [2.45, 2.75) is 31.2 Å². The summed E-state index contributed by atoms with van der Waals surface area (Å²) in [6.45, 7) is 0.471. The predicted octanol–water partition coefficient (Wildman–Crippen LogP) is 2.39. The van der Waals surface area contributed by atoms with E-state index in [0.717, 1.165) is 25.7 Å². The first kappa shape index (κ1) is 16.4. The van der Waals surface area contributed by atoms with Crippen LogP contribution in [0.4, 0.5) is 10.6 Å². The monoisotopic (exact) mass is 356 g/mol. The molecule has 3 saturated carbocycles. The Morgan fingerprint density at radius 1 is 1.27 bits per heavy atom. The van der Waals surface area contributed by atoms with Crippen LogP contribution < -0.4 is 15.8 Å². The number of carboxylic acid groups (broad SMARTS) is 1. The van der Waals surface area contributed by atoms with Crippen molar-refractivity contribution in [2.24, 2.45) is 5.41 Å². The van der Waals surface area contributed by atoms with Crippen molar-refractivity contribution in [1.82, 2.24) is 15.5 Å². The molecule has 26 heavy (non-hydrogen) atoms. The molecule has 1 amide bonds. The lowest BCUT2D eigenvalue weighted by molar-refractivity contribution is -0.157. The van der Waals surface area contributed by atoms with Crippen LogP contribution in [0.2, 0.25) is 0 Å². The predicted molar refractivity (Wildman–Crippen MR) is 93.8 cm³/mol. The third kappa shape index (κ3) is 2.77. The number of nitrogens with two attached hydrogens (primary N) is 1. The molecule has 5 rings (SSSR count). The van der Waals surface area contributed by atoms with Gasteiger partial charge in [-0.2, -0.15) is 0 Å². The van der Waals surface area contributed by atoms with Gasteiger partial charge in [-0.25, -0.2) is 4.79 Å². The van der Waals surface area contributed by atoms with E-state index in [9.17, 15) is 9.90 Å². The molecular weight excluding hydrogens is 336 g/mol. The van der Waals surface area contributed by atoms with E-state index in [1.54, 1.807) is 30.3 Å². The molecule has 0 spiro atoms. The second-order valence-corrected chi connectivity index (χ2v) is 7.34. The number of nitrogens with zero attached hydrogens (tertiary/aromatic N) is 2. The van der Waals surface area contributed by atoms with Gasteiger partial charge in [0, 0.05) is 17.2 Å². The Bertz CT molecular complexity index is 850. The number of amides is 1. The Morgan fingerprint density at radius 2 is 2.00 bits per heavy atom. The van der Waals surface area contributed by atoms with Gasteiger partial charge in [0.2, 0.25) is 0 Å². The standard InChI is InChI=1S/C18H20N4O4/c19-15-14(7-12(21-22-15)11-3-1-2-4-13(11)23)26-6-5-17-8-18(9-17,10-17)20-16(24)25/h1-4,7,20,23H,5-6,8-10H2,(H2,19,22)(H,24,25). The van der Waals surface area contributed by atoms with Gasteiger partial charge < -0.3 is 26.0 Å². The number of nitrogen functional groups attached to an aromatic ring is 1. The van der Waals surface area contributed by atoms with Gasteiger partial charge in [0.25, 0.3) is 0 Å². The summed E-state index contributed by atoms with van der Waals surface area (Å²) >= 11 is 0. The highest BCUT2D eigenvalue weighted by molar-refractivity contribution is 5.69. The highest BCUT2D eigenvalue weighted by Crippen LogP contribution is 2.68. The fourth-order valence-corrected chi connectivity index (χ4v) is 4.32. The van der Waals surface area contributed by atoms with E-state index in [4.69, 9.17) is 15.6 Å². The van der Waals surface area contributed by atoms with Crippen molar-refractivity contribution in [3.05, 3.63) is 30.3 Å². The number of para-hydroxylation sites is 1. The molecule has 3 aliphatic carbocycles. The molecule has 0 aliphatic heterocycles. The third-order valence-corrected chi connectivity index (χ3v) is 5.37. The molecule has 3 fully saturated rings. The molecule has 1 aromatic carbocycles. The van der Waals surface area contributed by atoms with Gasteiger partial charge in [-0.05, 0) is 43.2 Å². The van der Waals surface area contributed by atoms with Gasteiger partial charge in [0.05, 0.1) is 6.61 Å². The molecule has 0 radical (unpaired) electrons. The maximum atomic E-state index is 10.8. The van der Waals surface area contributed by atoms with E-state index in [1.807, 2.05) is 0 Å². The van der Waals surface area contributed by atoms with Crippen molar-refractivity contribution < 1.29 is 19.7 Å². The first-order valence-corrected chi connectivity index (χ1v) is 8.46. The zero-order valence-electron chi connectivity index (χ0n) is 14.1. The van der Waals surface area contributed by atoms with Crippen molar-refractivity contribution in [3.8, 4) is 22.8 Å². The number of benzene rings is 1. The van der Waals surface area contributed by atoms with Crippen molar-refractivity contribution >= 4 is 11.9 Å². The molecule has 136 valence electrons. The minimum absolute atomic E-state index is 0.114. The van der Waals surface area contributed by atoms with Gasteiger partial charge in [-0.1, -0.05) is 12.1 Å². The number of rotatable bonds is 6. The molecule has 2 aromatic rings. The molecule has 0 unspecified atom stereocenters. The van der Waals surface area contributed by atoms with Crippen LogP contribution in [-0.2, 0) is 0 Å². The second kappa shape index (κ2) is 5.76. The number of hydrogen-bond donors (Lipinski definition) is 4. The number of carbonyl (C=O) groups is 1. The highest BCUT2D eigenvalue weighted by Gasteiger charge is 2.68. The first-order valence-electron chi connectivity index (χ1n) is 8.46. The van der Waals surface area contributed by atoms with E-state index in [1.165, 1.54) is 0 Å². The summed E-state index contributed by atoms with van der Waals surface area (Å²) in [6.07, 6.45) is 2.47. The van der Waals surface area contributed by atoms with Crippen LogP contribution in [0.3, 0.4) is 0 Å². The molecule has 0 saturated heterocycles. The topological polar surface area (TPSA) is 131 Å². The van der Waals surface area contributed by atoms with Crippen LogP contribution in [0.1, 0.15) is 25.7 Å². The summed E-state index contributed by atoms with van der Waals surface area (Å²) in [4.78, 5) is 10.8. The highest BCUT2D eigenvalue weighted by atomic mass is 16.5. The number of nitrogens with one attached hydrogen (secondary N) is 1. The molecule has 5 N–H and O–H groups in total. The number of aromatic nitrogens is 2. The largest absolute Gasteiger partial charge is 0.507 e. The van der Waals surface area contributed by atoms with E-state index in [2.05, 4.69) is 15.5 Å². The summed E-state index contributed by atoms with van der Waals surface area (Å²) < 4.78 is 5.80. The molecule has 3 aliphatic rings. The van der Waals surface area contributed by atoms with Crippen LogP contribution in [0.25, 0.3) is 11.3 Å². The van der Waals surface area contributed by atoms with Crippen LogP contribution in [0.5, 0.6) is 11.5 Å². The maximum absolute atomic E-state index is 10.8. The summed E-state index contributed by atoms with van der Waals surface area (Å²) in [5.74, 6) is 0.747. The minimum atomic E-state index is -0.957. The first-order chi connectivity index (χ1) is 12.4. The van der Waals surface area contributed by atoms with E-state index >= 15 is 0 Å². The molecule has 2 bridgehead atoms. The zero-order valence-corrected chi connectivity index (χ0v) is 14.1. The smallest absolute Gasteiger partial charge is 0.405 e. The Labute approximate surface area is 150 Å². The fourth-order valence-electron chi connectivity index (χ4n) is 4.32. The van der Waals surface area contributed by atoms with Crippen LogP contribution >= 0.6 is 0 Å². The normalized spacial score (nSPS) is 25.7. The van der Waals surface area contributed by atoms with Gasteiger partial charge in [-0.3, -0.25) is 0 Å². The molecule has 1 heterocycles. The van der Waals surface area contributed by atoms with Crippen molar-refractivity contribution in [3.63, 3.8) is 0 Å². The quantitative estimate of drug-likeness (QED) is 0.625. The Hall–Kier alpha value is -3.03. The number of aromatic hydroxyl groups is 1. The average molecular weight is 356 g/mol. The third-order valence-electron chi connectivity index (χ3n) is 5.37. The minimum Gasteiger partial charge on any atom is -0.507 e. The number of hydrogen-bond acceptors (Lipinski definition) is 6. The van der Waals surface area contributed by atoms with E-state index < -0.39 is 6.09 Å². The SMILES string of the molecule is Nc1nnc(-c2ccccc2O)cc1OCCC12CC(NC(=O)O)(C1)C2. The molecular formula is C18H20N4O4. The van der Waals surface area contributed by atoms with Gasteiger partial charge in [-0.15, -0.1) is 10.2 Å². The summed E-state index contributed by atoms with van der Waals surface area (Å²) in [7, 11) is 0. The number of phenolic OH excluding ortho intramolecular Hbond substituents is 1. The second-order valence-electron chi connectivity index (χ2n) is 7.34.